The molecule has 0 aromatic carbocycles. The molecule has 1 amide bonds. The topological polar surface area (TPSA) is 66.4 Å². The summed E-state index contributed by atoms with van der Waals surface area (Å²) in [6.45, 7) is 0.591. The van der Waals surface area contributed by atoms with E-state index in [0.717, 1.165) is 17.3 Å². The first kappa shape index (κ1) is 14.2. The van der Waals surface area contributed by atoms with Gasteiger partial charge >= 0.3 is 5.97 Å². The largest absolute Gasteiger partial charge is 0.481 e. The minimum Gasteiger partial charge on any atom is -0.481 e. The number of rotatable bonds is 7. The van der Waals surface area contributed by atoms with Crippen molar-refractivity contribution in [2.24, 2.45) is 0 Å². The third-order valence-corrected chi connectivity index (χ3v) is 3.83. The molecule has 0 unspecified atom stereocenters. The fourth-order valence-electron chi connectivity index (χ4n) is 1.30. The van der Waals surface area contributed by atoms with Gasteiger partial charge < -0.3 is 10.4 Å². The summed E-state index contributed by atoms with van der Waals surface area (Å²) in [5, 5.41) is 13.1. The van der Waals surface area contributed by atoms with Crippen LogP contribution in [0.25, 0.3) is 0 Å². The normalized spacial score (nSPS) is 10.2. The number of carboxylic acids is 1. The summed E-state index contributed by atoms with van der Waals surface area (Å²) in [5.74, 6) is -0.837. The predicted octanol–water partition coefficient (Wildman–Crippen LogP) is 2.89. The molecule has 0 aliphatic heterocycles. The van der Waals surface area contributed by atoms with Crippen molar-refractivity contribution in [3.05, 3.63) is 20.8 Å². The van der Waals surface area contributed by atoms with Crippen molar-refractivity contribution in [1.82, 2.24) is 5.32 Å². The zero-order chi connectivity index (χ0) is 12.7. The van der Waals surface area contributed by atoms with Crippen LogP contribution in [-0.4, -0.2) is 23.5 Å². The molecule has 94 valence electrons. The molecule has 6 heteroatoms. The molecule has 0 bridgehead atoms. The molecule has 4 nitrogen and oxygen atoms in total. The van der Waals surface area contributed by atoms with Crippen molar-refractivity contribution in [3.63, 3.8) is 0 Å². The highest BCUT2D eigenvalue weighted by Gasteiger charge is 2.07. The van der Waals surface area contributed by atoms with E-state index in [2.05, 4.69) is 21.2 Å². The fraction of sp³-hybridized carbons (Fsp3) is 0.455. The number of carbonyl (C=O) groups excluding carboxylic acids is 1. The Morgan fingerprint density at radius 2 is 2.12 bits per heavy atom. The number of unbranched alkanes of at least 4 members (excludes halogenated alkanes) is 2. The van der Waals surface area contributed by atoms with Gasteiger partial charge in [0.05, 0.1) is 4.88 Å². The predicted molar refractivity (Wildman–Crippen MR) is 70.5 cm³/mol. The van der Waals surface area contributed by atoms with Crippen molar-refractivity contribution in [2.45, 2.75) is 25.7 Å². The SMILES string of the molecule is O=C(O)CCCCCNC(=O)c1cc(Br)cs1. The summed E-state index contributed by atoms with van der Waals surface area (Å²) in [5.41, 5.74) is 0. The van der Waals surface area contributed by atoms with Crippen LogP contribution in [0.1, 0.15) is 35.4 Å². The van der Waals surface area contributed by atoms with Gasteiger partial charge in [0, 0.05) is 22.8 Å². The van der Waals surface area contributed by atoms with E-state index in [1.807, 2.05) is 5.38 Å². The van der Waals surface area contributed by atoms with Gasteiger partial charge in [-0.25, -0.2) is 0 Å². The molecule has 2 N–H and O–H groups in total. The third-order valence-electron chi connectivity index (χ3n) is 2.14. The highest BCUT2D eigenvalue weighted by Crippen LogP contribution is 2.19. The molecule has 1 aromatic rings. The first-order valence-corrected chi connectivity index (χ1v) is 7.01. The van der Waals surface area contributed by atoms with Crippen LogP contribution in [0.4, 0.5) is 0 Å². The molecule has 0 atom stereocenters. The first-order chi connectivity index (χ1) is 8.09. The lowest BCUT2D eigenvalue weighted by Crippen LogP contribution is -2.23. The van der Waals surface area contributed by atoms with Crippen molar-refractivity contribution in [3.8, 4) is 0 Å². The smallest absolute Gasteiger partial charge is 0.303 e. The van der Waals surface area contributed by atoms with Gasteiger partial charge in [0.2, 0.25) is 0 Å². The van der Waals surface area contributed by atoms with E-state index >= 15 is 0 Å². The fourth-order valence-corrected chi connectivity index (χ4v) is 2.64. The summed E-state index contributed by atoms with van der Waals surface area (Å²) in [6.07, 6.45) is 2.49. The Bertz CT molecular complexity index is 392. The minimum absolute atomic E-state index is 0.0704. The summed E-state index contributed by atoms with van der Waals surface area (Å²) in [6, 6.07) is 1.78. The molecule has 1 aromatic heterocycles. The Labute approximate surface area is 112 Å². The maximum Gasteiger partial charge on any atom is 0.303 e. The van der Waals surface area contributed by atoms with Gasteiger partial charge in [0.1, 0.15) is 0 Å². The lowest BCUT2D eigenvalue weighted by atomic mass is 10.2. The Balaban J connectivity index is 2.11. The zero-order valence-corrected chi connectivity index (χ0v) is 11.6. The van der Waals surface area contributed by atoms with Crippen LogP contribution in [0.5, 0.6) is 0 Å². The van der Waals surface area contributed by atoms with E-state index in [4.69, 9.17) is 5.11 Å². The molecule has 0 radical (unpaired) electrons. The molecule has 0 fully saturated rings. The van der Waals surface area contributed by atoms with E-state index in [9.17, 15) is 9.59 Å². The molecule has 0 saturated heterocycles. The van der Waals surface area contributed by atoms with Crippen molar-refractivity contribution in [2.75, 3.05) is 6.54 Å². The van der Waals surface area contributed by atoms with Crippen LogP contribution in [0.3, 0.4) is 0 Å². The maximum absolute atomic E-state index is 11.6. The van der Waals surface area contributed by atoms with Crippen LogP contribution >= 0.6 is 27.3 Å². The average Bonchev–Trinajstić information content (AvgIpc) is 2.69. The Morgan fingerprint density at radius 1 is 1.35 bits per heavy atom. The summed E-state index contributed by atoms with van der Waals surface area (Å²) >= 11 is 4.68. The summed E-state index contributed by atoms with van der Waals surface area (Å²) in [4.78, 5) is 22.5. The van der Waals surface area contributed by atoms with Crippen LogP contribution in [0.15, 0.2) is 15.9 Å². The van der Waals surface area contributed by atoms with Crippen LogP contribution < -0.4 is 5.32 Å². The number of halogens is 1. The van der Waals surface area contributed by atoms with Crippen molar-refractivity contribution < 1.29 is 14.7 Å². The zero-order valence-electron chi connectivity index (χ0n) is 9.24. The molecule has 0 aliphatic rings. The van der Waals surface area contributed by atoms with E-state index < -0.39 is 5.97 Å². The Hall–Kier alpha value is -0.880. The lowest BCUT2D eigenvalue weighted by molar-refractivity contribution is -0.137. The van der Waals surface area contributed by atoms with Crippen molar-refractivity contribution >= 4 is 39.1 Å². The highest BCUT2D eigenvalue weighted by atomic mass is 79.9. The Morgan fingerprint density at radius 3 is 2.71 bits per heavy atom. The summed E-state index contributed by atoms with van der Waals surface area (Å²) in [7, 11) is 0. The van der Waals surface area contributed by atoms with Gasteiger partial charge in [-0.1, -0.05) is 6.42 Å². The monoisotopic (exact) mass is 319 g/mol. The van der Waals surface area contributed by atoms with Gasteiger partial charge in [-0.3, -0.25) is 9.59 Å². The second kappa shape index (κ2) is 7.45. The highest BCUT2D eigenvalue weighted by molar-refractivity contribution is 9.10. The third kappa shape index (κ3) is 5.83. The quantitative estimate of drug-likeness (QED) is 0.759. The second-order valence-electron chi connectivity index (χ2n) is 3.59. The number of aliphatic carboxylic acids is 1. The summed E-state index contributed by atoms with van der Waals surface area (Å²) < 4.78 is 0.911. The molecule has 17 heavy (non-hydrogen) atoms. The van der Waals surface area contributed by atoms with E-state index in [-0.39, 0.29) is 12.3 Å². The van der Waals surface area contributed by atoms with E-state index in [1.165, 1.54) is 11.3 Å². The minimum atomic E-state index is -0.766. The molecule has 0 saturated carbocycles. The van der Waals surface area contributed by atoms with Gasteiger partial charge in [-0.2, -0.15) is 0 Å². The molecule has 1 rings (SSSR count). The standard InChI is InChI=1S/C11H14BrNO3S/c12-8-6-9(17-7-8)11(16)13-5-3-1-2-4-10(14)15/h6-7H,1-5H2,(H,13,16)(H,14,15). The lowest BCUT2D eigenvalue weighted by Gasteiger charge is -2.02. The molecule has 0 aliphatic carbocycles. The number of hydrogen-bond acceptors (Lipinski definition) is 3. The number of nitrogens with one attached hydrogen (secondary N) is 1. The molecule has 0 spiro atoms. The molecular formula is C11H14BrNO3S. The second-order valence-corrected chi connectivity index (χ2v) is 5.42. The van der Waals surface area contributed by atoms with E-state index in [1.54, 1.807) is 6.07 Å². The number of amides is 1. The number of carboxylic acid groups (broad SMARTS) is 1. The molecule has 1 heterocycles. The number of carbonyl (C=O) groups is 2. The maximum atomic E-state index is 11.6. The number of thiophene rings is 1. The first-order valence-electron chi connectivity index (χ1n) is 5.33. The van der Waals surface area contributed by atoms with Crippen LogP contribution in [-0.2, 0) is 4.79 Å². The van der Waals surface area contributed by atoms with Gasteiger partial charge in [0.25, 0.3) is 5.91 Å². The van der Waals surface area contributed by atoms with E-state index in [0.29, 0.717) is 17.8 Å². The Kier molecular flexibility index (Phi) is 6.21. The average molecular weight is 320 g/mol. The number of hydrogen-bond donors (Lipinski definition) is 2. The van der Waals surface area contributed by atoms with Gasteiger partial charge in [-0.05, 0) is 34.8 Å². The van der Waals surface area contributed by atoms with Crippen molar-refractivity contribution in [1.29, 1.82) is 0 Å². The van der Waals surface area contributed by atoms with Crippen LogP contribution in [0.2, 0.25) is 0 Å². The molecular weight excluding hydrogens is 306 g/mol. The van der Waals surface area contributed by atoms with Gasteiger partial charge in [-0.15, -0.1) is 11.3 Å². The van der Waals surface area contributed by atoms with Gasteiger partial charge in [0.15, 0.2) is 0 Å². The van der Waals surface area contributed by atoms with Crippen LogP contribution in [0, 0.1) is 0 Å².